The first-order valence-electron chi connectivity index (χ1n) is 8.11. The van der Waals surface area contributed by atoms with E-state index < -0.39 is 27.9 Å². The molecule has 1 aliphatic heterocycles. The van der Waals surface area contributed by atoms with Crippen molar-refractivity contribution in [3.8, 4) is 0 Å². The molecule has 1 atom stereocenters. The lowest BCUT2D eigenvalue weighted by atomic mass is 10.1. The van der Waals surface area contributed by atoms with Crippen molar-refractivity contribution in [3.63, 3.8) is 0 Å². The molecule has 1 fully saturated rings. The van der Waals surface area contributed by atoms with Crippen molar-refractivity contribution in [1.29, 1.82) is 0 Å². The smallest absolute Gasteiger partial charge is 0.337 e. The number of carboxylic acids is 1. The third kappa shape index (κ3) is 3.47. The summed E-state index contributed by atoms with van der Waals surface area (Å²) in [6, 6.07) is 13.1. The minimum Gasteiger partial charge on any atom is -0.478 e. The molecule has 3 rings (SSSR count). The zero-order valence-electron chi connectivity index (χ0n) is 13.8. The molecule has 0 aliphatic carbocycles. The number of sulfonamides is 1. The third-order valence-electron chi connectivity index (χ3n) is 4.27. The van der Waals surface area contributed by atoms with Gasteiger partial charge in [-0.1, -0.05) is 30.3 Å². The second-order valence-electron chi connectivity index (χ2n) is 5.93. The minimum absolute atomic E-state index is 0.0451. The van der Waals surface area contributed by atoms with Gasteiger partial charge in [-0.05, 0) is 37.1 Å². The van der Waals surface area contributed by atoms with E-state index in [2.05, 4.69) is 5.32 Å². The van der Waals surface area contributed by atoms with E-state index in [1.165, 1.54) is 28.6 Å². The van der Waals surface area contributed by atoms with Gasteiger partial charge in [0.2, 0.25) is 15.9 Å². The van der Waals surface area contributed by atoms with E-state index in [-0.39, 0.29) is 22.7 Å². The molecule has 0 spiro atoms. The fourth-order valence-electron chi connectivity index (χ4n) is 3.01. The van der Waals surface area contributed by atoms with Crippen LogP contribution in [0.4, 0.5) is 5.69 Å². The zero-order chi connectivity index (χ0) is 18.7. The van der Waals surface area contributed by atoms with Gasteiger partial charge in [0.1, 0.15) is 6.04 Å². The molecule has 136 valence electrons. The summed E-state index contributed by atoms with van der Waals surface area (Å²) in [6.45, 7) is 0.246. The average molecular weight is 374 g/mol. The Morgan fingerprint density at radius 2 is 1.69 bits per heavy atom. The fourth-order valence-corrected chi connectivity index (χ4v) is 4.69. The van der Waals surface area contributed by atoms with E-state index in [0.717, 1.165) is 0 Å². The summed E-state index contributed by atoms with van der Waals surface area (Å²) < 4.78 is 26.8. The summed E-state index contributed by atoms with van der Waals surface area (Å²) in [5, 5.41) is 11.8. The van der Waals surface area contributed by atoms with Crippen LogP contribution in [-0.2, 0) is 14.8 Å². The van der Waals surface area contributed by atoms with Crippen molar-refractivity contribution in [2.75, 3.05) is 11.9 Å². The molecule has 0 radical (unpaired) electrons. The summed E-state index contributed by atoms with van der Waals surface area (Å²) in [7, 11) is -3.80. The molecule has 0 saturated carbocycles. The number of carbonyl (C=O) groups is 2. The predicted octanol–water partition coefficient (Wildman–Crippen LogP) is 2.18. The van der Waals surface area contributed by atoms with Gasteiger partial charge in [0.25, 0.3) is 0 Å². The van der Waals surface area contributed by atoms with Gasteiger partial charge < -0.3 is 10.4 Å². The molecule has 0 aromatic heterocycles. The van der Waals surface area contributed by atoms with Crippen molar-refractivity contribution in [2.45, 2.75) is 23.8 Å². The van der Waals surface area contributed by atoms with Gasteiger partial charge in [0.15, 0.2) is 0 Å². The lowest BCUT2D eigenvalue weighted by Crippen LogP contribution is -2.43. The first kappa shape index (κ1) is 18.1. The minimum atomic E-state index is -3.80. The summed E-state index contributed by atoms with van der Waals surface area (Å²) in [4.78, 5) is 24.1. The number of rotatable bonds is 5. The number of nitrogens with zero attached hydrogens (tertiary/aromatic N) is 1. The van der Waals surface area contributed by atoms with Gasteiger partial charge in [-0.2, -0.15) is 4.31 Å². The molecule has 0 unspecified atom stereocenters. The number of aromatic carboxylic acids is 1. The van der Waals surface area contributed by atoms with Crippen LogP contribution >= 0.6 is 0 Å². The topological polar surface area (TPSA) is 104 Å². The van der Waals surface area contributed by atoms with E-state index >= 15 is 0 Å². The maximum atomic E-state index is 12.8. The average Bonchev–Trinajstić information content (AvgIpc) is 3.13. The normalized spacial score (nSPS) is 17.8. The van der Waals surface area contributed by atoms with Gasteiger partial charge in [-0.25, -0.2) is 13.2 Å². The van der Waals surface area contributed by atoms with Crippen LogP contribution in [0, 0.1) is 0 Å². The van der Waals surface area contributed by atoms with Gasteiger partial charge in [-0.3, -0.25) is 4.79 Å². The molecule has 1 saturated heterocycles. The van der Waals surface area contributed by atoms with E-state index in [9.17, 15) is 23.1 Å². The molecule has 2 aromatic carbocycles. The number of anilines is 1. The molecule has 1 heterocycles. The molecule has 2 aromatic rings. The van der Waals surface area contributed by atoms with E-state index in [4.69, 9.17) is 0 Å². The first-order valence-corrected chi connectivity index (χ1v) is 9.55. The highest BCUT2D eigenvalue weighted by Crippen LogP contribution is 2.27. The number of nitrogens with one attached hydrogen (secondary N) is 1. The van der Waals surface area contributed by atoms with Crippen LogP contribution in [0.2, 0.25) is 0 Å². The highest BCUT2D eigenvalue weighted by atomic mass is 32.2. The van der Waals surface area contributed by atoms with Crippen LogP contribution in [0.3, 0.4) is 0 Å². The van der Waals surface area contributed by atoms with Crippen molar-refractivity contribution in [1.82, 2.24) is 4.31 Å². The van der Waals surface area contributed by atoms with Gasteiger partial charge >= 0.3 is 5.97 Å². The lowest BCUT2D eigenvalue weighted by molar-refractivity contribution is -0.119. The number of hydrogen-bond acceptors (Lipinski definition) is 4. The Kier molecular flexibility index (Phi) is 5.06. The Morgan fingerprint density at radius 1 is 1.04 bits per heavy atom. The van der Waals surface area contributed by atoms with Crippen LogP contribution < -0.4 is 5.32 Å². The standard InChI is InChI=1S/C18H18N2O5S/c21-17(19-15-10-5-4-9-14(15)18(22)23)16-11-6-12-20(16)26(24,25)13-7-2-1-3-8-13/h1-5,7-10,16H,6,11-12H2,(H,19,21)(H,22,23)/t16-/m1/s1. The summed E-state index contributed by atoms with van der Waals surface area (Å²) in [6.07, 6.45) is 0.942. The van der Waals surface area contributed by atoms with Crippen LogP contribution in [0.5, 0.6) is 0 Å². The SMILES string of the molecule is O=C(O)c1ccccc1NC(=O)[C@H]1CCCN1S(=O)(=O)c1ccccc1. The number of carboxylic acid groups (broad SMARTS) is 1. The van der Waals surface area contributed by atoms with Gasteiger partial charge in [0.05, 0.1) is 16.1 Å². The van der Waals surface area contributed by atoms with E-state index in [1.807, 2.05) is 0 Å². The Hall–Kier alpha value is -2.71. The molecule has 8 heteroatoms. The molecule has 0 bridgehead atoms. The second-order valence-corrected chi connectivity index (χ2v) is 7.82. The highest BCUT2D eigenvalue weighted by molar-refractivity contribution is 7.89. The molecule has 7 nitrogen and oxygen atoms in total. The maximum Gasteiger partial charge on any atom is 0.337 e. The quantitative estimate of drug-likeness (QED) is 0.835. The number of amides is 1. The molecule has 1 amide bonds. The van der Waals surface area contributed by atoms with Crippen LogP contribution in [-0.4, -0.2) is 42.3 Å². The third-order valence-corrected chi connectivity index (χ3v) is 6.19. The van der Waals surface area contributed by atoms with Gasteiger partial charge in [0, 0.05) is 6.54 Å². The summed E-state index contributed by atoms with van der Waals surface area (Å²) in [5.41, 5.74) is 0.102. The van der Waals surface area contributed by atoms with Gasteiger partial charge in [-0.15, -0.1) is 0 Å². The Labute approximate surface area is 151 Å². The molecular formula is C18H18N2O5S. The van der Waals surface area contributed by atoms with E-state index in [1.54, 1.807) is 30.3 Å². The van der Waals surface area contributed by atoms with Crippen LogP contribution in [0.1, 0.15) is 23.2 Å². The number of hydrogen-bond donors (Lipinski definition) is 2. The Morgan fingerprint density at radius 3 is 2.38 bits per heavy atom. The summed E-state index contributed by atoms with van der Waals surface area (Å²) >= 11 is 0. The van der Waals surface area contributed by atoms with Crippen LogP contribution in [0.25, 0.3) is 0 Å². The molecule has 2 N–H and O–H groups in total. The Bertz CT molecular complexity index is 928. The van der Waals surface area contributed by atoms with Crippen molar-refractivity contribution >= 4 is 27.6 Å². The largest absolute Gasteiger partial charge is 0.478 e. The predicted molar refractivity (Wildman–Crippen MR) is 95.4 cm³/mol. The summed E-state index contributed by atoms with van der Waals surface area (Å²) in [5.74, 6) is -1.70. The fraction of sp³-hybridized carbons (Fsp3) is 0.222. The number of para-hydroxylation sites is 1. The second kappa shape index (κ2) is 7.27. The van der Waals surface area contributed by atoms with Crippen molar-refractivity contribution in [2.24, 2.45) is 0 Å². The van der Waals surface area contributed by atoms with E-state index in [0.29, 0.717) is 12.8 Å². The zero-order valence-corrected chi connectivity index (χ0v) is 14.6. The highest BCUT2D eigenvalue weighted by Gasteiger charge is 2.39. The lowest BCUT2D eigenvalue weighted by Gasteiger charge is -2.23. The van der Waals surface area contributed by atoms with Crippen LogP contribution in [0.15, 0.2) is 59.5 Å². The molecule has 1 aliphatic rings. The Balaban J connectivity index is 1.85. The van der Waals surface area contributed by atoms with Crippen molar-refractivity contribution < 1.29 is 23.1 Å². The maximum absolute atomic E-state index is 12.8. The first-order chi connectivity index (χ1) is 12.4. The number of benzene rings is 2. The number of carbonyl (C=O) groups excluding carboxylic acids is 1. The monoisotopic (exact) mass is 374 g/mol. The van der Waals surface area contributed by atoms with Crippen molar-refractivity contribution in [3.05, 3.63) is 60.2 Å². The molecule has 26 heavy (non-hydrogen) atoms. The molecular weight excluding hydrogens is 356 g/mol.